The molecule has 0 fully saturated rings. The van der Waals surface area contributed by atoms with Gasteiger partial charge < -0.3 is 37.6 Å². The Hall–Kier alpha value is -2.24. The first-order valence-corrected chi connectivity index (χ1v) is 11.1. The third kappa shape index (κ3) is 10.9. The Balaban J connectivity index is 5.39. The second-order valence-electron chi connectivity index (χ2n) is 8.87. The van der Waals surface area contributed by atoms with Gasteiger partial charge >= 0.3 is 5.97 Å². The minimum absolute atomic E-state index is 0.0299. The lowest BCUT2D eigenvalue weighted by atomic mass is 9.99. The number of nitrogens with one attached hydrogen (secondary N) is 3. The lowest BCUT2D eigenvalue weighted by Crippen LogP contribution is -2.59. The Bertz CT molecular complexity index is 626. The van der Waals surface area contributed by atoms with Gasteiger partial charge in [-0.15, -0.1) is 0 Å². The molecule has 0 radical (unpaired) electrons. The fraction of sp³-hybridized carbons (Fsp3) is 0.810. The molecule has 0 aromatic heterocycles. The Morgan fingerprint density at radius 2 is 1.41 bits per heavy atom. The van der Waals surface area contributed by atoms with Crippen molar-refractivity contribution in [2.75, 3.05) is 6.54 Å². The number of carboxylic acid groups (broad SMARTS) is 1. The third-order valence-electron chi connectivity index (χ3n) is 4.97. The molecule has 9 N–H and O–H groups in total. The SMILES string of the molecule is CC(C)CC(NC(=O)C(NC(=O)C(N)C(C)O)C(C)C)C(=O)NC(CCCCN)C(=O)O. The summed E-state index contributed by atoms with van der Waals surface area (Å²) in [6.07, 6.45) is 0.578. The number of hydrogen-bond acceptors (Lipinski definition) is 7. The average Bonchev–Trinajstić information content (AvgIpc) is 2.68. The summed E-state index contributed by atoms with van der Waals surface area (Å²) in [5.74, 6) is -3.36. The number of aliphatic carboxylic acids is 1. The summed E-state index contributed by atoms with van der Waals surface area (Å²) in [6.45, 7) is 8.95. The number of carbonyl (C=O) groups excluding carboxylic acids is 3. The number of carboxylic acids is 1. The maximum Gasteiger partial charge on any atom is 0.326 e. The first-order valence-electron chi connectivity index (χ1n) is 11.1. The third-order valence-corrected chi connectivity index (χ3v) is 4.97. The van der Waals surface area contributed by atoms with Crippen LogP contribution in [0.15, 0.2) is 0 Å². The predicted molar refractivity (Wildman–Crippen MR) is 120 cm³/mol. The zero-order chi connectivity index (χ0) is 25.0. The number of nitrogens with two attached hydrogens (primary N) is 2. The fourth-order valence-electron chi connectivity index (χ4n) is 2.99. The molecule has 0 rings (SSSR count). The molecule has 186 valence electrons. The van der Waals surface area contributed by atoms with Crippen molar-refractivity contribution in [3.05, 3.63) is 0 Å². The summed E-state index contributed by atoms with van der Waals surface area (Å²) < 4.78 is 0. The minimum Gasteiger partial charge on any atom is -0.480 e. The van der Waals surface area contributed by atoms with E-state index in [0.717, 1.165) is 0 Å². The molecule has 0 spiro atoms. The Morgan fingerprint density at radius 3 is 1.84 bits per heavy atom. The highest BCUT2D eigenvalue weighted by Gasteiger charge is 2.32. The van der Waals surface area contributed by atoms with Crippen LogP contribution in [0.3, 0.4) is 0 Å². The highest BCUT2D eigenvalue weighted by Crippen LogP contribution is 2.10. The topological polar surface area (TPSA) is 197 Å². The van der Waals surface area contributed by atoms with Gasteiger partial charge in [0.1, 0.15) is 24.2 Å². The van der Waals surface area contributed by atoms with E-state index >= 15 is 0 Å². The van der Waals surface area contributed by atoms with Crippen molar-refractivity contribution in [2.24, 2.45) is 23.3 Å². The summed E-state index contributed by atoms with van der Waals surface area (Å²) in [4.78, 5) is 49.5. The molecule has 0 aliphatic heterocycles. The molecule has 11 nitrogen and oxygen atoms in total. The van der Waals surface area contributed by atoms with Crippen LogP contribution in [0.2, 0.25) is 0 Å². The second kappa shape index (κ2) is 14.8. The minimum atomic E-state index is -1.20. The normalized spacial score (nSPS) is 16.1. The van der Waals surface area contributed by atoms with E-state index in [1.165, 1.54) is 6.92 Å². The molecule has 3 amide bonds. The van der Waals surface area contributed by atoms with Gasteiger partial charge in [-0.3, -0.25) is 14.4 Å². The van der Waals surface area contributed by atoms with Gasteiger partial charge in [-0.25, -0.2) is 4.79 Å². The second-order valence-corrected chi connectivity index (χ2v) is 8.87. The first kappa shape index (κ1) is 29.8. The molecule has 11 heteroatoms. The molecule has 0 saturated carbocycles. The van der Waals surface area contributed by atoms with Crippen LogP contribution in [0, 0.1) is 11.8 Å². The van der Waals surface area contributed by atoms with Gasteiger partial charge in [-0.2, -0.15) is 0 Å². The van der Waals surface area contributed by atoms with E-state index in [-0.39, 0.29) is 24.7 Å². The van der Waals surface area contributed by atoms with Gasteiger partial charge in [0.05, 0.1) is 6.10 Å². The van der Waals surface area contributed by atoms with Crippen LogP contribution >= 0.6 is 0 Å². The monoisotopic (exact) mass is 459 g/mol. The van der Waals surface area contributed by atoms with Crippen molar-refractivity contribution in [3.8, 4) is 0 Å². The summed E-state index contributed by atoms with van der Waals surface area (Å²) >= 11 is 0. The summed E-state index contributed by atoms with van der Waals surface area (Å²) in [5, 5.41) is 26.6. The number of rotatable bonds is 15. The van der Waals surface area contributed by atoms with Crippen molar-refractivity contribution >= 4 is 23.7 Å². The largest absolute Gasteiger partial charge is 0.480 e. The van der Waals surface area contributed by atoms with Crippen LogP contribution in [-0.2, 0) is 19.2 Å². The van der Waals surface area contributed by atoms with Gasteiger partial charge in [-0.1, -0.05) is 27.7 Å². The number of hydrogen-bond donors (Lipinski definition) is 7. The van der Waals surface area contributed by atoms with Crippen LogP contribution in [0.25, 0.3) is 0 Å². The van der Waals surface area contributed by atoms with Gasteiger partial charge in [0, 0.05) is 0 Å². The van der Waals surface area contributed by atoms with E-state index < -0.39 is 54.0 Å². The van der Waals surface area contributed by atoms with E-state index in [4.69, 9.17) is 11.5 Å². The molecule has 0 aromatic rings. The average molecular weight is 460 g/mol. The lowest BCUT2D eigenvalue weighted by molar-refractivity contribution is -0.142. The Kier molecular flexibility index (Phi) is 13.7. The van der Waals surface area contributed by atoms with Crippen molar-refractivity contribution in [3.63, 3.8) is 0 Å². The molecular formula is C21H41N5O6. The molecule has 5 unspecified atom stereocenters. The Labute approximate surface area is 190 Å². The van der Waals surface area contributed by atoms with Crippen molar-refractivity contribution in [1.29, 1.82) is 0 Å². The maximum atomic E-state index is 12.9. The van der Waals surface area contributed by atoms with E-state index in [1.54, 1.807) is 13.8 Å². The van der Waals surface area contributed by atoms with Gasteiger partial charge in [0.25, 0.3) is 0 Å². The maximum absolute atomic E-state index is 12.9. The van der Waals surface area contributed by atoms with Gasteiger partial charge in [0.15, 0.2) is 0 Å². The number of aliphatic hydroxyl groups excluding tert-OH is 1. The zero-order valence-corrected chi connectivity index (χ0v) is 19.8. The smallest absolute Gasteiger partial charge is 0.326 e. The zero-order valence-electron chi connectivity index (χ0n) is 19.8. The fourth-order valence-corrected chi connectivity index (χ4v) is 2.99. The van der Waals surface area contributed by atoms with Crippen LogP contribution < -0.4 is 27.4 Å². The molecule has 0 heterocycles. The molecule has 32 heavy (non-hydrogen) atoms. The number of unbranched alkanes of at least 4 members (excludes halogenated alkanes) is 1. The van der Waals surface area contributed by atoms with Crippen LogP contribution in [0.1, 0.15) is 60.3 Å². The summed E-state index contributed by atoms with van der Waals surface area (Å²) in [7, 11) is 0. The summed E-state index contributed by atoms with van der Waals surface area (Å²) in [5.41, 5.74) is 11.1. The number of aliphatic hydroxyl groups is 1. The number of amides is 3. The quantitative estimate of drug-likeness (QED) is 0.152. The van der Waals surface area contributed by atoms with E-state index in [9.17, 15) is 29.4 Å². The van der Waals surface area contributed by atoms with Crippen LogP contribution in [0.4, 0.5) is 0 Å². The molecule has 0 aliphatic carbocycles. The van der Waals surface area contributed by atoms with Gasteiger partial charge in [0.2, 0.25) is 17.7 Å². The molecule has 0 aromatic carbocycles. The van der Waals surface area contributed by atoms with Crippen LogP contribution in [-0.4, -0.2) is 70.7 Å². The molecule has 0 aliphatic rings. The van der Waals surface area contributed by atoms with E-state index in [0.29, 0.717) is 19.4 Å². The van der Waals surface area contributed by atoms with Crippen molar-refractivity contribution in [1.82, 2.24) is 16.0 Å². The van der Waals surface area contributed by atoms with Crippen molar-refractivity contribution < 1.29 is 29.4 Å². The predicted octanol–water partition coefficient (Wildman–Crippen LogP) is -0.935. The van der Waals surface area contributed by atoms with Crippen molar-refractivity contribution in [2.45, 2.75) is 90.6 Å². The lowest BCUT2D eigenvalue weighted by Gasteiger charge is -2.28. The highest BCUT2D eigenvalue weighted by atomic mass is 16.4. The van der Waals surface area contributed by atoms with Crippen LogP contribution in [0.5, 0.6) is 0 Å². The first-order chi connectivity index (χ1) is 14.8. The molecule has 0 saturated heterocycles. The number of carbonyl (C=O) groups is 4. The Morgan fingerprint density at radius 1 is 0.844 bits per heavy atom. The van der Waals surface area contributed by atoms with E-state index in [2.05, 4.69) is 16.0 Å². The summed E-state index contributed by atoms with van der Waals surface area (Å²) in [6, 6.07) is -4.27. The van der Waals surface area contributed by atoms with Gasteiger partial charge in [-0.05, 0) is 51.0 Å². The molecule has 0 bridgehead atoms. The standard InChI is InChI=1S/C21H41N5O6/c1-11(2)10-15(18(28)24-14(21(31)32)8-6-7-9-22)25-20(30)17(12(3)4)26-19(29)16(23)13(5)27/h11-17,27H,6-10,22-23H2,1-5H3,(H,24,28)(H,25,30)(H,26,29)(H,31,32). The molecular weight excluding hydrogens is 418 g/mol. The molecule has 5 atom stereocenters. The van der Waals surface area contributed by atoms with E-state index in [1.807, 2.05) is 13.8 Å². The highest BCUT2D eigenvalue weighted by molar-refractivity contribution is 5.94.